The van der Waals surface area contributed by atoms with Crippen molar-refractivity contribution in [3.05, 3.63) is 118 Å². The normalized spacial score (nSPS) is 20.8. The summed E-state index contributed by atoms with van der Waals surface area (Å²) in [5.41, 5.74) is -0.926. The summed E-state index contributed by atoms with van der Waals surface area (Å²) < 4.78 is 28.7. The summed E-state index contributed by atoms with van der Waals surface area (Å²) in [6, 6.07) is 23.7. The van der Waals surface area contributed by atoms with E-state index in [1.165, 1.54) is 0 Å². The van der Waals surface area contributed by atoms with E-state index < -0.39 is 29.1 Å². The molecule has 0 aliphatic heterocycles. The minimum absolute atomic E-state index is 0.0104. The van der Waals surface area contributed by atoms with Crippen LogP contribution in [-0.2, 0) is 35.0 Å². The molecule has 2 bridgehead atoms. The minimum Gasteiger partial charge on any atom is -0.491 e. The van der Waals surface area contributed by atoms with Gasteiger partial charge in [0.15, 0.2) is 0 Å². The first-order valence-corrected chi connectivity index (χ1v) is 15.7. The number of carbonyl (C=O) groups excluding carboxylic acids is 2. The molecule has 0 amide bonds. The average Bonchev–Trinajstić information content (AvgIpc) is 3.07. The third-order valence-corrected chi connectivity index (χ3v) is 8.96. The predicted molar refractivity (Wildman–Crippen MR) is 173 cm³/mol. The fourth-order valence-corrected chi connectivity index (χ4v) is 6.77. The molecule has 0 radical (unpaired) electrons. The molecule has 0 saturated heterocycles. The number of hydrogen-bond donors (Lipinski definition) is 2. The van der Waals surface area contributed by atoms with Crippen molar-refractivity contribution < 1.29 is 43.5 Å². The highest BCUT2D eigenvalue weighted by atomic mass is 79.9. The van der Waals surface area contributed by atoms with Crippen molar-refractivity contribution in [1.82, 2.24) is 0 Å². The van der Waals surface area contributed by atoms with Gasteiger partial charge in [0.25, 0.3) is 0 Å². The van der Waals surface area contributed by atoms with E-state index in [4.69, 9.17) is 23.7 Å². The number of rotatable bonds is 13. The third kappa shape index (κ3) is 5.78. The van der Waals surface area contributed by atoms with Gasteiger partial charge in [0.1, 0.15) is 49.1 Å². The highest BCUT2D eigenvalue weighted by molar-refractivity contribution is 9.10. The summed E-state index contributed by atoms with van der Waals surface area (Å²) in [5.74, 6) is -0.863. The van der Waals surface area contributed by atoms with Crippen molar-refractivity contribution in [3.8, 4) is 11.5 Å². The summed E-state index contributed by atoms with van der Waals surface area (Å²) in [4.78, 5) is 24.6. The zero-order chi connectivity index (χ0) is 32.3. The lowest BCUT2D eigenvalue weighted by Gasteiger charge is -2.53. The topological polar surface area (TPSA) is 121 Å². The van der Waals surface area contributed by atoms with Gasteiger partial charge < -0.3 is 33.9 Å². The lowest BCUT2D eigenvalue weighted by Crippen LogP contribution is -2.57. The molecule has 9 nitrogen and oxygen atoms in total. The molecule has 0 fully saturated rings. The van der Waals surface area contributed by atoms with Gasteiger partial charge in [-0.3, -0.25) is 4.79 Å². The molecule has 4 aromatic rings. The maximum absolute atomic E-state index is 13.5. The summed E-state index contributed by atoms with van der Waals surface area (Å²) in [5, 5.41) is 25.8. The summed E-state index contributed by atoms with van der Waals surface area (Å²) in [6.07, 6.45) is 1.09. The molecule has 3 atom stereocenters. The van der Waals surface area contributed by atoms with Gasteiger partial charge in [-0.05, 0) is 46.5 Å². The Labute approximate surface area is 274 Å². The number of halogens is 1. The Balaban J connectivity index is 1.07. The largest absolute Gasteiger partial charge is 0.491 e. The Morgan fingerprint density at radius 2 is 1.35 bits per heavy atom. The molecule has 46 heavy (non-hydrogen) atoms. The minimum atomic E-state index is -1.65. The predicted octanol–water partition coefficient (Wildman–Crippen LogP) is 5.15. The SMILES string of the molecule is C=CC(=O)OCCOCCOc1ccc(OCCOC(=O)C2CC3(O)c4ccccc4C2(O)c2ccc(Br)cc23)c2ccccc12. The Bertz CT molecular complexity index is 1790. The van der Waals surface area contributed by atoms with Crippen molar-refractivity contribution in [1.29, 1.82) is 0 Å². The highest BCUT2D eigenvalue weighted by Gasteiger charge is 2.62. The van der Waals surface area contributed by atoms with E-state index in [0.717, 1.165) is 21.3 Å². The molecule has 3 aliphatic carbocycles. The van der Waals surface area contributed by atoms with Crippen LogP contribution in [0.25, 0.3) is 10.8 Å². The first-order chi connectivity index (χ1) is 22.3. The molecule has 0 spiro atoms. The van der Waals surface area contributed by atoms with Gasteiger partial charge in [-0.15, -0.1) is 0 Å². The number of aliphatic hydroxyl groups is 2. The van der Waals surface area contributed by atoms with Crippen molar-refractivity contribution in [3.63, 3.8) is 0 Å². The van der Waals surface area contributed by atoms with Crippen LogP contribution in [0.15, 0.2) is 96.0 Å². The van der Waals surface area contributed by atoms with E-state index in [0.29, 0.717) is 47.0 Å². The molecule has 7 rings (SSSR count). The number of fused-ring (bicyclic) bond motifs is 2. The van der Waals surface area contributed by atoms with Gasteiger partial charge in [-0.2, -0.15) is 0 Å². The van der Waals surface area contributed by atoms with Crippen molar-refractivity contribution in [2.24, 2.45) is 5.92 Å². The number of carbonyl (C=O) groups is 2. The second-order valence-corrected chi connectivity index (χ2v) is 12.0. The highest BCUT2D eigenvalue weighted by Crippen LogP contribution is 2.60. The fourth-order valence-electron chi connectivity index (χ4n) is 6.41. The zero-order valence-corrected chi connectivity index (χ0v) is 26.5. The smallest absolute Gasteiger partial charge is 0.330 e. The Kier molecular flexibility index (Phi) is 9.15. The van der Waals surface area contributed by atoms with Gasteiger partial charge in [0, 0.05) is 27.7 Å². The molecular formula is C36H33BrO9. The van der Waals surface area contributed by atoms with Crippen molar-refractivity contribution >= 4 is 38.6 Å². The molecular weight excluding hydrogens is 656 g/mol. The lowest BCUT2D eigenvalue weighted by molar-refractivity contribution is -0.167. The monoisotopic (exact) mass is 688 g/mol. The molecule has 0 heterocycles. The first-order valence-electron chi connectivity index (χ1n) is 14.9. The van der Waals surface area contributed by atoms with Crippen molar-refractivity contribution in [2.75, 3.05) is 39.6 Å². The van der Waals surface area contributed by atoms with Gasteiger partial charge >= 0.3 is 11.9 Å². The van der Waals surface area contributed by atoms with Crippen LogP contribution >= 0.6 is 15.9 Å². The van der Waals surface area contributed by atoms with E-state index >= 15 is 0 Å². The number of hydrogen-bond acceptors (Lipinski definition) is 9. The first kappa shape index (κ1) is 31.7. The maximum Gasteiger partial charge on any atom is 0.330 e. The van der Waals surface area contributed by atoms with Crippen LogP contribution in [0.5, 0.6) is 11.5 Å². The summed E-state index contributed by atoms with van der Waals surface area (Å²) in [7, 11) is 0. The van der Waals surface area contributed by atoms with E-state index in [1.54, 1.807) is 48.5 Å². The molecule has 0 saturated carbocycles. The molecule has 3 unspecified atom stereocenters. The zero-order valence-electron chi connectivity index (χ0n) is 24.9. The molecule has 238 valence electrons. The standard InChI is InChI=1S/C36H33BrO9/c1-2-33(38)45-18-16-42-15-17-43-31-13-14-32(25-8-4-3-7-24(25)31)44-19-20-46-34(39)30-22-35(40)26-9-5-6-10-27(26)36(30,41)28-12-11-23(37)21-29(28)35/h2-14,21,30,40-41H,1,15-20,22H2. The summed E-state index contributed by atoms with van der Waals surface area (Å²) >= 11 is 3.47. The third-order valence-electron chi connectivity index (χ3n) is 8.46. The van der Waals surface area contributed by atoms with Gasteiger partial charge in [-0.25, -0.2) is 4.79 Å². The van der Waals surface area contributed by atoms with Gasteiger partial charge in [-0.1, -0.05) is 77.1 Å². The van der Waals surface area contributed by atoms with Crippen LogP contribution in [0.4, 0.5) is 0 Å². The second kappa shape index (κ2) is 13.3. The molecule has 0 aromatic heterocycles. The fraction of sp³-hybridized carbons (Fsp3) is 0.278. The van der Waals surface area contributed by atoms with Crippen LogP contribution in [0, 0.1) is 5.92 Å². The van der Waals surface area contributed by atoms with Crippen LogP contribution in [0.1, 0.15) is 28.7 Å². The summed E-state index contributed by atoms with van der Waals surface area (Å²) in [6.45, 7) is 4.37. The van der Waals surface area contributed by atoms with Gasteiger partial charge in [0.2, 0.25) is 0 Å². The van der Waals surface area contributed by atoms with Gasteiger partial charge in [0.05, 0.1) is 19.1 Å². The Hall–Kier alpha value is -4.22. The van der Waals surface area contributed by atoms with Crippen molar-refractivity contribution in [2.45, 2.75) is 17.6 Å². The van der Waals surface area contributed by atoms with E-state index in [2.05, 4.69) is 22.5 Å². The molecule has 10 heteroatoms. The Morgan fingerprint density at radius 3 is 2.04 bits per heavy atom. The van der Waals surface area contributed by atoms with E-state index in [-0.39, 0.29) is 32.8 Å². The maximum atomic E-state index is 13.5. The number of esters is 2. The molecule has 3 aliphatic rings. The molecule has 4 aromatic carbocycles. The van der Waals surface area contributed by atoms with Crippen LogP contribution in [0.3, 0.4) is 0 Å². The Morgan fingerprint density at radius 1 is 0.761 bits per heavy atom. The number of benzene rings is 4. The van der Waals surface area contributed by atoms with E-state index in [1.807, 2.05) is 30.3 Å². The van der Waals surface area contributed by atoms with Crippen LogP contribution in [-0.4, -0.2) is 61.8 Å². The lowest BCUT2D eigenvalue weighted by atomic mass is 9.54. The average molecular weight is 690 g/mol. The quantitative estimate of drug-likeness (QED) is 0.112. The van der Waals surface area contributed by atoms with Crippen LogP contribution in [0.2, 0.25) is 0 Å². The second-order valence-electron chi connectivity index (χ2n) is 11.1. The van der Waals surface area contributed by atoms with E-state index in [9.17, 15) is 19.8 Å². The molecule has 2 N–H and O–H groups in total. The van der Waals surface area contributed by atoms with Crippen LogP contribution < -0.4 is 9.47 Å². The number of ether oxygens (including phenoxy) is 5.